The molecule has 0 bridgehead atoms. The zero-order valence-electron chi connectivity index (χ0n) is 11.1. The van der Waals surface area contributed by atoms with Gasteiger partial charge < -0.3 is 0 Å². The van der Waals surface area contributed by atoms with Crippen LogP contribution in [0.5, 0.6) is 5.75 Å². The van der Waals surface area contributed by atoms with Gasteiger partial charge >= 0.3 is 130 Å². The molecule has 4 nitrogen and oxygen atoms in total. The van der Waals surface area contributed by atoms with Crippen LogP contribution < -0.4 is 10.3 Å². The third kappa shape index (κ3) is 2.03. The molecule has 0 aliphatic heterocycles. The first-order valence-electron chi connectivity index (χ1n) is 6.32. The van der Waals surface area contributed by atoms with E-state index in [-0.39, 0.29) is 20.3 Å². The fraction of sp³-hybridized carbons (Fsp3) is 0.0667. The van der Waals surface area contributed by atoms with Crippen molar-refractivity contribution in [2.75, 3.05) is 7.11 Å². The van der Waals surface area contributed by atoms with Gasteiger partial charge in [0, 0.05) is 0 Å². The maximum absolute atomic E-state index is 12.5. The predicted molar refractivity (Wildman–Crippen MR) is 86.2 cm³/mol. The van der Waals surface area contributed by atoms with E-state index in [0.717, 1.165) is 30.7 Å². The molecule has 0 amide bonds. The topological polar surface area (TPSA) is 44.1 Å². The number of aromatic nitrogens is 2. The molecule has 0 unspecified atom stereocenters. The Morgan fingerprint density at radius 3 is 2.90 bits per heavy atom. The standard InChI is InChI=1S/C15H10N2O2SSe/c1-19-9-6-7-11-12(8-9)20-15(16-11)17-14(18)10-4-2-3-5-13(10)21-17/h2-8H,1H3. The van der Waals surface area contributed by atoms with Crippen molar-refractivity contribution in [3.8, 4) is 10.9 Å². The third-order valence-corrected chi connectivity index (χ3v) is 6.77. The second kappa shape index (κ2) is 4.84. The normalized spacial score (nSPS) is 11.3. The Kier molecular flexibility index (Phi) is 2.96. The molecule has 0 aliphatic carbocycles. The molecule has 2 aromatic carbocycles. The van der Waals surface area contributed by atoms with E-state index >= 15 is 0 Å². The Morgan fingerprint density at radius 1 is 1.24 bits per heavy atom. The number of hydrogen-bond acceptors (Lipinski definition) is 4. The molecule has 0 N–H and O–H groups in total. The summed E-state index contributed by atoms with van der Waals surface area (Å²) in [6.07, 6.45) is 0. The summed E-state index contributed by atoms with van der Waals surface area (Å²) in [5, 5.41) is 1.56. The first kappa shape index (κ1) is 12.8. The minimum atomic E-state index is -0.0361. The van der Waals surface area contributed by atoms with E-state index in [1.165, 1.54) is 11.3 Å². The van der Waals surface area contributed by atoms with Gasteiger partial charge in [0.15, 0.2) is 0 Å². The van der Waals surface area contributed by atoms with Gasteiger partial charge in [-0.05, 0) is 0 Å². The zero-order chi connectivity index (χ0) is 14.4. The summed E-state index contributed by atoms with van der Waals surface area (Å²) in [5.41, 5.74) is 0.951. The zero-order valence-corrected chi connectivity index (χ0v) is 13.6. The number of rotatable bonds is 2. The molecule has 0 fully saturated rings. The van der Waals surface area contributed by atoms with Crippen LogP contribution in [0, 0.1) is 0 Å². The van der Waals surface area contributed by atoms with E-state index in [1.807, 2.05) is 42.5 Å². The van der Waals surface area contributed by atoms with E-state index in [4.69, 9.17) is 4.74 Å². The van der Waals surface area contributed by atoms with Gasteiger partial charge in [-0.3, -0.25) is 0 Å². The third-order valence-electron chi connectivity index (χ3n) is 3.25. The first-order chi connectivity index (χ1) is 10.3. The van der Waals surface area contributed by atoms with E-state index in [2.05, 4.69) is 4.98 Å². The van der Waals surface area contributed by atoms with Crippen molar-refractivity contribution >= 4 is 45.9 Å². The molecule has 104 valence electrons. The molecule has 21 heavy (non-hydrogen) atoms. The summed E-state index contributed by atoms with van der Waals surface area (Å²) < 4.78 is 9.18. The van der Waals surface area contributed by atoms with Crippen LogP contribution >= 0.6 is 11.3 Å². The van der Waals surface area contributed by atoms with Crippen LogP contribution in [0.25, 0.3) is 25.0 Å². The Bertz CT molecular complexity index is 1020. The van der Waals surface area contributed by atoms with Gasteiger partial charge in [0.1, 0.15) is 0 Å². The fourth-order valence-electron chi connectivity index (χ4n) is 2.20. The van der Waals surface area contributed by atoms with Crippen molar-refractivity contribution in [1.29, 1.82) is 0 Å². The molecule has 6 heteroatoms. The van der Waals surface area contributed by atoms with Crippen LogP contribution in [0.15, 0.2) is 47.3 Å². The monoisotopic (exact) mass is 362 g/mol. The SMILES string of the molecule is COc1ccc2nc(-n3[se]c4ccccc4c3=O)sc2c1. The van der Waals surface area contributed by atoms with Crippen molar-refractivity contribution in [2.24, 2.45) is 0 Å². The quantitative estimate of drug-likeness (QED) is 0.516. The number of fused-ring (bicyclic) bond motifs is 2. The summed E-state index contributed by atoms with van der Waals surface area (Å²) in [7, 11) is 1.65. The summed E-state index contributed by atoms with van der Waals surface area (Å²) in [4.78, 5) is 17.1. The van der Waals surface area contributed by atoms with Gasteiger partial charge in [0.25, 0.3) is 0 Å². The maximum atomic E-state index is 12.5. The Morgan fingerprint density at radius 2 is 2.10 bits per heavy atom. The second-order valence-electron chi connectivity index (χ2n) is 4.52. The van der Waals surface area contributed by atoms with Gasteiger partial charge in [-0.25, -0.2) is 0 Å². The molecule has 0 radical (unpaired) electrons. The molecule has 4 aromatic rings. The van der Waals surface area contributed by atoms with Crippen LogP contribution in [-0.2, 0) is 0 Å². The van der Waals surface area contributed by atoms with Gasteiger partial charge in [0.05, 0.1) is 0 Å². The van der Waals surface area contributed by atoms with Gasteiger partial charge in [-0.15, -0.1) is 0 Å². The van der Waals surface area contributed by atoms with Crippen molar-refractivity contribution in [3.05, 3.63) is 52.8 Å². The van der Waals surface area contributed by atoms with Crippen LogP contribution in [0.3, 0.4) is 0 Å². The van der Waals surface area contributed by atoms with Crippen LogP contribution in [0.4, 0.5) is 0 Å². The molecule has 0 aliphatic rings. The van der Waals surface area contributed by atoms with Crippen molar-refractivity contribution < 1.29 is 4.74 Å². The van der Waals surface area contributed by atoms with Crippen LogP contribution in [0.2, 0.25) is 0 Å². The average molecular weight is 361 g/mol. The molecule has 2 aromatic heterocycles. The van der Waals surface area contributed by atoms with Crippen molar-refractivity contribution in [3.63, 3.8) is 0 Å². The first-order valence-corrected chi connectivity index (χ1v) is 8.76. The molecular formula is C15H10N2O2SSe. The molecular weight excluding hydrogens is 351 g/mol. The summed E-state index contributed by atoms with van der Waals surface area (Å²) >= 11 is 1.49. The summed E-state index contributed by atoms with van der Waals surface area (Å²) in [5.74, 6) is 0.805. The average Bonchev–Trinajstić information content (AvgIpc) is 3.08. The van der Waals surface area contributed by atoms with Crippen LogP contribution in [-0.4, -0.2) is 30.4 Å². The summed E-state index contributed by atoms with van der Waals surface area (Å²) in [6, 6.07) is 13.5. The van der Waals surface area contributed by atoms with Gasteiger partial charge in [0.2, 0.25) is 0 Å². The number of methoxy groups -OCH3 is 1. The minimum absolute atomic E-state index is 0.0361. The number of thiazole rings is 1. The van der Waals surface area contributed by atoms with Gasteiger partial charge in [-0.1, -0.05) is 0 Å². The molecule has 0 saturated carbocycles. The Hall–Kier alpha value is -1.88. The van der Waals surface area contributed by atoms with Crippen LogP contribution in [0.1, 0.15) is 0 Å². The van der Waals surface area contributed by atoms with E-state index in [1.54, 1.807) is 10.7 Å². The van der Waals surface area contributed by atoms with Crippen molar-refractivity contribution in [1.82, 2.24) is 8.55 Å². The second-order valence-corrected chi connectivity index (χ2v) is 7.60. The molecule has 0 atom stereocenters. The molecule has 4 rings (SSSR count). The van der Waals surface area contributed by atoms with E-state index < -0.39 is 0 Å². The van der Waals surface area contributed by atoms with Gasteiger partial charge in [-0.2, -0.15) is 0 Å². The Balaban J connectivity index is 1.95. The number of ether oxygens (including phenoxy) is 1. The number of nitrogens with zero attached hydrogens (tertiary/aromatic N) is 2. The molecule has 2 heterocycles. The molecule has 0 spiro atoms. The Labute approximate surface area is 130 Å². The van der Waals surface area contributed by atoms with E-state index in [9.17, 15) is 4.79 Å². The number of benzene rings is 2. The number of hydrogen-bond donors (Lipinski definition) is 0. The van der Waals surface area contributed by atoms with Crippen molar-refractivity contribution in [2.45, 2.75) is 0 Å². The fourth-order valence-corrected chi connectivity index (χ4v) is 5.40. The summed E-state index contributed by atoms with van der Waals surface area (Å²) in [6.45, 7) is 0. The van der Waals surface area contributed by atoms with E-state index in [0.29, 0.717) is 0 Å². The molecule has 0 saturated heterocycles. The predicted octanol–water partition coefficient (Wildman–Crippen LogP) is 2.67.